The second-order valence-electron chi connectivity index (χ2n) is 5.06. The minimum Gasteiger partial charge on any atom is -0.459 e. The van der Waals surface area contributed by atoms with Crippen LogP contribution in [0.3, 0.4) is 0 Å². The van der Waals surface area contributed by atoms with E-state index in [-0.39, 0.29) is 13.0 Å². The van der Waals surface area contributed by atoms with E-state index in [9.17, 15) is 9.59 Å². The highest BCUT2D eigenvalue weighted by molar-refractivity contribution is 6.35. The summed E-state index contributed by atoms with van der Waals surface area (Å²) in [5.74, 6) is -0.617. The van der Waals surface area contributed by atoms with Crippen LogP contribution in [0.2, 0.25) is 10.0 Å². The van der Waals surface area contributed by atoms with Gasteiger partial charge in [0.25, 0.3) is 0 Å². The fourth-order valence-electron chi connectivity index (χ4n) is 2.13. The average Bonchev–Trinajstić information content (AvgIpc) is 2.54. The van der Waals surface area contributed by atoms with Crippen molar-refractivity contribution in [3.63, 3.8) is 0 Å². The maximum Gasteiger partial charge on any atom is 0.329 e. The number of hydrogen-bond donors (Lipinski definition) is 2. The van der Waals surface area contributed by atoms with Gasteiger partial charge < -0.3 is 15.8 Å². The molecule has 0 fully saturated rings. The van der Waals surface area contributed by atoms with E-state index in [1.807, 2.05) is 30.3 Å². The number of esters is 1. The van der Waals surface area contributed by atoms with Gasteiger partial charge in [-0.15, -0.1) is 0 Å². The maximum atomic E-state index is 12.3. The van der Waals surface area contributed by atoms with Crippen molar-refractivity contribution in [2.75, 3.05) is 0 Å². The Kier molecular flexibility index (Phi) is 6.46. The number of nitrogens with one attached hydrogen (secondary N) is 1. The molecule has 0 aliphatic carbocycles. The van der Waals surface area contributed by atoms with Gasteiger partial charge in [0.2, 0.25) is 0 Å². The van der Waals surface area contributed by atoms with Gasteiger partial charge in [-0.05, 0) is 17.7 Å². The molecule has 0 aromatic heterocycles. The van der Waals surface area contributed by atoms with E-state index in [2.05, 4.69) is 5.32 Å². The zero-order chi connectivity index (χ0) is 17.5. The summed E-state index contributed by atoms with van der Waals surface area (Å²) in [6.45, 7) is -0.0942. The summed E-state index contributed by atoms with van der Waals surface area (Å²) in [6.07, 6.45) is 0.263. The molecule has 2 amide bonds. The number of ether oxygens (including phenoxy) is 1. The van der Waals surface area contributed by atoms with E-state index in [0.717, 1.165) is 5.56 Å². The summed E-state index contributed by atoms with van der Waals surface area (Å²) >= 11 is 12.1. The normalized spacial score (nSPS) is 11.6. The Morgan fingerprint density at radius 3 is 2.25 bits per heavy atom. The number of carbonyl (C=O) groups is 2. The Morgan fingerprint density at radius 1 is 1.04 bits per heavy atom. The number of nitrogens with two attached hydrogens (primary N) is 1. The van der Waals surface area contributed by atoms with Crippen LogP contribution in [-0.4, -0.2) is 18.0 Å². The Bertz CT molecular complexity index is 703. The van der Waals surface area contributed by atoms with Crippen LogP contribution in [0.25, 0.3) is 0 Å². The fraction of sp³-hybridized carbons (Fsp3) is 0.176. The average molecular weight is 367 g/mol. The Morgan fingerprint density at radius 2 is 1.67 bits per heavy atom. The van der Waals surface area contributed by atoms with Crippen molar-refractivity contribution in [3.8, 4) is 0 Å². The first-order valence-electron chi connectivity index (χ1n) is 7.17. The topological polar surface area (TPSA) is 81.4 Å². The highest BCUT2D eigenvalue weighted by Crippen LogP contribution is 2.25. The largest absolute Gasteiger partial charge is 0.459 e. The number of amides is 2. The second-order valence-corrected chi connectivity index (χ2v) is 5.87. The molecule has 0 bridgehead atoms. The lowest BCUT2D eigenvalue weighted by Crippen LogP contribution is -2.45. The van der Waals surface area contributed by atoms with Crippen LogP contribution in [0.1, 0.15) is 11.1 Å². The van der Waals surface area contributed by atoms with Crippen molar-refractivity contribution >= 4 is 35.2 Å². The summed E-state index contributed by atoms with van der Waals surface area (Å²) < 4.78 is 5.25. The highest BCUT2D eigenvalue weighted by Gasteiger charge is 2.22. The molecule has 0 saturated heterocycles. The molecule has 3 N–H and O–H groups in total. The van der Waals surface area contributed by atoms with E-state index in [0.29, 0.717) is 15.6 Å². The summed E-state index contributed by atoms with van der Waals surface area (Å²) in [7, 11) is 0. The van der Waals surface area contributed by atoms with Gasteiger partial charge in [-0.3, -0.25) is 0 Å². The fourth-order valence-corrected chi connectivity index (χ4v) is 2.64. The number of benzene rings is 2. The van der Waals surface area contributed by atoms with Crippen molar-refractivity contribution in [1.82, 2.24) is 5.32 Å². The molecule has 0 saturated carbocycles. The zero-order valence-electron chi connectivity index (χ0n) is 12.7. The quantitative estimate of drug-likeness (QED) is 0.769. The third-order valence-electron chi connectivity index (χ3n) is 3.30. The van der Waals surface area contributed by atoms with Crippen LogP contribution in [-0.2, 0) is 22.6 Å². The van der Waals surface area contributed by atoms with Crippen LogP contribution in [0.15, 0.2) is 48.5 Å². The smallest absolute Gasteiger partial charge is 0.329 e. The first-order chi connectivity index (χ1) is 11.5. The maximum absolute atomic E-state index is 12.3. The third kappa shape index (κ3) is 5.15. The van der Waals surface area contributed by atoms with E-state index in [4.69, 9.17) is 33.7 Å². The number of primary amides is 1. The molecule has 126 valence electrons. The Balaban J connectivity index is 2.06. The predicted molar refractivity (Wildman–Crippen MR) is 92.9 cm³/mol. The molecule has 0 aliphatic heterocycles. The monoisotopic (exact) mass is 366 g/mol. The molecule has 0 radical (unpaired) electrons. The number of carbonyl (C=O) groups excluding carboxylic acids is 2. The number of rotatable bonds is 6. The molecule has 24 heavy (non-hydrogen) atoms. The zero-order valence-corrected chi connectivity index (χ0v) is 14.2. The molecule has 7 heteroatoms. The van der Waals surface area contributed by atoms with Gasteiger partial charge >= 0.3 is 12.0 Å². The van der Waals surface area contributed by atoms with Crippen LogP contribution < -0.4 is 11.1 Å². The van der Waals surface area contributed by atoms with E-state index < -0.39 is 18.0 Å². The van der Waals surface area contributed by atoms with Gasteiger partial charge in [0.05, 0.1) is 0 Å². The van der Waals surface area contributed by atoms with Crippen LogP contribution in [0, 0.1) is 0 Å². The lowest BCUT2D eigenvalue weighted by atomic mass is 10.1. The van der Waals surface area contributed by atoms with Crippen molar-refractivity contribution in [3.05, 3.63) is 69.7 Å². The first kappa shape index (κ1) is 18.1. The molecule has 2 aromatic rings. The minimum atomic E-state index is -0.897. The van der Waals surface area contributed by atoms with Crippen molar-refractivity contribution in [1.29, 1.82) is 0 Å². The van der Waals surface area contributed by atoms with Crippen molar-refractivity contribution in [2.45, 2.75) is 19.1 Å². The van der Waals surface area contributed by atoms with Gasteiger partial charge in [-0.1, -0.05) is 59.6 Å². The molecular formula is C17H16Cl2N2O3. The number of urea groups is 1. The Labute approximate surface area is 149 Å². The van der Waals surface area contributed by atoms with Gasteiger partial charge in [0.1, 0.15) is 12.6 Å². The van der Waals surface area contributed by atoms with Gasteiger partial charge in [0.15, 0.2) is 0 Å². The van der Waals surface area contributed by atoms with Crippen molar-refractivity contribution < 1.29 is 14.3 Å². The summed E-state index contributed by atoms with van der Waals surface area (Å²) in [6, 6.07) is 12.5. The summed E-state index contributed by atoms with van der Waals surface area (Å²) in [5, 5.41) is 3.19. The molecule has 0 spiro atoms. The van der Waals surface area contributed by atoms with E-state index >= 15 is 0 Å². The molecule has 0 heterocycles. The molecule has 0 aliphatic rings. The molecule has 5 nitrogen and oxygen atoms in total. The molecule has 2 aromatic carbocycles. The predicted octanol–water partition coefficient (Wildman–Crippen LogP) is 3.32. The standard InChI is InChI=1S/C17H16Cl2N2O3/c18-13-7-4-8-14(19)12(13)10-24-16(22)15(21-17(20)23)9-11-5-2-1-3-6-11/h1-8,15H,9-10H2,(H3,20,21,23)/t15-/m0/s1. The molecule has 1 atom stereocenters. The minimum absolute atomic E-state index is 0.0942. The van der Waals surface area contributed by atoms with Gasteiger partial charge in [0, 0.05) is 22.0 Å². The Hall–Kier alpha value is -2.24. The van der Waals surface area contributed by atoms with E-state index in [1.54, 1.807) is 18.2 Å². The molecular weight excluding hydrogens is 351 g/mol. The van der Waals surface area contributed by atoms with Crippen LogP contribution in [0.4, 0.5) is 4.79 Å². The summed E-state index contributed by atoms with van der Waals surface area (Å²) in [4.78, 5) is 23.4. The van der Waals surface area contributed by atoms with Crippen LogP contribution in [0.5, 0.6) is 0 Å². The lowest BCUT2D eigenvalue weighted by molar-refractivity contribution is -0.147. The molecule has 0 unspecified atom stereocenters. The van der Waals surface area contributed by atoms with E-state index in [1.165, 1.54) is 0 Å². The van der Waals surface area contributed by atoms with Crippen LogP contribution >= 0.6 is 23.2 Å². The molecule has 2 rings (SSSR count). The van der Waals surface area contributed by atoms with Crippen molar-refractivity contribution in [2.24, 2.45) is 5.73 Å². The lowest BCUT2D eigenvalue weighted by Gasteiger charge is -2.17. The SMILES string of the molecule is NC(=O)N[C@@H](Cc1ccccc1)C(=O)OCc1c(Cl)cccc1Cl. The van der Waals surface area contributed by atoms with Gasteiger partial charge in [-0.25, -0.2) is 9.59 Å². The summed E-state index contributed by atoms with van der Waals surface area (Å²) in [5.41, 5.74) is 6.51. The highest BCUT2D eigenvalue weighted by atomic mass is 35.5. The number of hydrogen-bond acceptors (Lipinski definition) is 3. The van der Waals surface area contributed by atoms with Gasteiger partial charge in [-0.2, -0.15) is 0 Å². The second kappa shape index (κ2) is 8.57. The third-order valence-corrected chi connectivity index (χ3v) is 4.01. The first-order valence-corrected chi connectivity index (χ1v) is 7.92. The number of halogens is 2.